The van der Waals surface area contributed by atoms with E-state index in [1.807, 2.05) is 28.8 Å². The van der Waals surface area contributed by atoms with Crippen LogP contribution in [-0.4, -0.2) is 10.1 Å². The van der Waals surface area contributed by atoms with Gasteiger partial charge in [-0.25, -0.2) is 0 Å². The van der Waals surface area contributed by atoms with E-state index in [0.717, 1.165) is 16.5 Å². The molecule has 0 aliphatic carbocycles. The molecule has 0 bridgehead atoms. The minimum atomic E-state index is -2.15. The molecule has 0 aromatic heterocycles. The first-order chi connectivity index (χ1) is 13.9. The Morgan fingerprint density at radius 2 is 1.38 bits per heavy atom. The summed E-state index contributed by atoms with van der Waals surface area (Å²) in [6, 6.07) is 23.3. The van der Waals surface area contributed by atoms with Gasteiger partial charge in [-0.15, -0.1) is 0 Å². The molecule has 0 unspecified atom stereocenters. The van der Waals surface area contributed by atoms with Crippen LogP contribution in [0.2, 0.25) is 0 Å². The van der Waals surface area contributed by atoms with Crippen molar-refractivity contribution in [3.8, 4) is 0 Å². The summed E-state index contributed by atoms with van der Waals surface area (Å²) in [5.41, 5.74) is 2.16. The Kier molecular flexibility index (Phi) is 3.01. The SMILES string of the molecule is [2H]C([2H])([2H])C1=C[N]([Ir+2])CC=C1c1ccc2c3ccccc3c3ccccc3c2c1. The number of nitrogens with zero attached hydrogens (tertiary/aromatic N) is 1. The van der Waals surface area contributed by atoms with E-state index in [1.165, 1.54) is 26.9 Å². The Bertz CT molecular complexity index is 1300. The number of allylic oxidation sites excluding steroid dienone is 2. The topological polar surface area (TPSA) is 3.24 Å². The van der Waals surface area contributed by atoms with Gasteiger partial charge in [0, 0.05) is 0 Å². The molecule has 1 aliphatic heterocycles. The van der Waals surface area contributed by atoms with E-state index in [2.05, 4.69) is 66.7 Å². The third-order valence-corrected chi connectivity index (χ3v) is 5.82. The Hall–Kier alpha value is -2.41. The number of rotatable bonds is 1. The molecule has 0 fully saturated rings. The number of benzene rings is 4. The van der Waals surface area contributed by atoms with Crippen molar-refractivity contribution in [2.45, 2.75) is 6.85 Å². The second-order valence-electron chi connectivity index (χ2n) is 6.57. The van der Waals surface area contributed by atoms with Crippen LogP contribution in [-0.2, 0) is 19.1 Å². The zero-order chi connectivity index (χ0) is 20.2. The molecule has 1 nitrogen and oxygen atoms in total. The second kappa shape index (κ2) is 6.09. The zero-order valence-corrected chi connectivity index (χ0v) is 16.4. The minimum absolute atomic E-state index is 0.399. The van der Waals surface area contributed by atoms with Crippen LogP contribution in [0.25, 0.3) is 37.9 Å². The molecule has 0 amide bonds. The zero-order valence-electron chi connectivity index (χ0n) is 17.0. The first kappa shape index (κ1) is 12.9. The van der Waals surface area contributed by atoms with Crippen molar-refractivity contribution in [3.63, 3.8) is 0 Å². The van der Waals surface area contributed by atoms with E-state index in [4.69, 9.17) is 4.11 Å². The third kappa shape index (κ3) is 2.41. The Morgan fingerprint density at radius 1 is 0.808 bits per heavy atom. The van der Waals surface area contributed by atoms with E-state index < -0.39 is 6.85 Å². The normalized spacial score (nSPS) is 17.0. The Labute approximate surface area is 168 Å². The summed E-state index contributed by atoms with van der Waals surface area (Å²) >= 11 is 1.90. The van der Waals surface area contributed by atoms with E-state index in [9.17, 15) is 0 Å². The van der Waals surface area contributed by atoms with E-state index in [0.29, 0.717) is 12.1 Å². The molecule has 0 spiro atoms. The molecule has 4 aromatic carbocycles. The number of fused-ring (bicyclic) bond motifs is 6. The van der Waals surface area contributed by atoms with Gasteiger partial charge in [0.05, 0.1) is 0 Å². The maximum atomic E-state index is 8.00. The average Bonchev–Trinajstić information content (AvgIpc) is 2.73. The quantitative estimate of drug-likeness (QED) is 0.273. The standard InChI is InChI=1S/C24H18N.Ir/c1-16-15-25-13-12-18(16)17-10-11-23-21-8-3-2-6-19(21)20-7-4-5-9-22(20)24(23)14-17;/h2-12,14-15H,13H2,1H3;/q-1;+3/i1D3;. The monoisotopic (exact) mass is 516 g/mol. The van der Waals surface area contributed by atoms with Gasteiger partial charge in [0.15, 0.2) is 0 Å². The fourth-order valence-electron chi connectivity index (χ4n) is 3.89. The van der Waals surface area contributed by atoms with Gasteiger partial charge in [-0.2, -0.15) is 0 Å². The summed E-state index contributed by atoms with van der Waals surface area (Å²) in [4.78, 5) is 0. The van der Waals surface area contributed by atoms with Crippen LogP contribution in [0.4, 0.5) is 0 Å². The van der Waals surface area contributed by atoms with Crippen LogP contribution in [0, 0.1) is 0 Å². The average molecular weight is 516 g/mol. The molecule has 0 radical (unpaired) electrons. The van der Waals surface area contributed by atoms with Crippen molar-refractivity contribution in [2.75, 3.05) is 6.54 Å². The molecule has 126 valence electrons. The van der Waals surface area contributed by atoms with E-state index >= 15 is 0 Å². The van der Waals surface area contributed by atoms with Gasteiger partial charge >= 0.3 is 168 Å². The molecule has 0 saturated carbocycles. The summed E-state index contributed by atoms with van der Waals surface area (Å²) in [7, 11) is 0. The maximum absolute atomic E-state index is 8.00. The van der Waals surface area contributed by atoms with Gasteiger partial charge in [-0.05, 0) is 0 Å². The van der Waals surface area contributed by atoms with Crippen LogP contribution < -0.4 is 0 Å². The first-order valence-corrected chi connectivity index (χ1v) is 9.67. The molecule has 2 heteroatoms. The predicted molar refractivity (Wildman–Crippen MR) is 107 cm³/mol. The van der Waals surface area contributed by atoms with Crippen molar-refractivity contribution in [2.24, 2.45) is 0 Å². The Morgan fingerprint density at radius 3 is 2.00 bits per heavy atom. The van der Waals surface area contributed by atoms with Crippen molar-refractivity contribution >= 4 is 37.9 Å². The van der Waals surface area contributed by atoms with Crippen LogP contribution >= 0.6 is 0 Å². The first-order valence-electron chi connectivity index (χ1n) is 10.1. The summed E-state index contributed by atoms with van der Waals surface area (Å²) < 4.78 is 25.9. The van der Waals surface area contributed by atoms with Gasteiger partial charge in [-0.3, -0.25) is 0 Å². The van der Waals surface area contributed by atoms with Crippen molar-refractivity contribution < 1.29 is 23.3 Å². The molecule has 1 aliphatic rings. The van der Waals surface area contributed by atoms with Gasteiger partial charge in [0.1, 0.15) is 0 Å². The molecule has 5 rings (SSSR count). The number of hydrogen-bond donors (Lipinski definition) is 0. The fourth-order valence-corrected chi connectivity index (χ4v) is 4.42. The van der Waals surface area contributed by atoms with Gasteiger partial charge in [0.25, 0.3) is 0 Å². The van der Waals surface area contributed by atoms with E-state index in [-0.39, 0.29) is 0 Å². The van der Waals surface area contributed by atoms with Crippen molar-refractivity contribution in [1.82, 2.24) is 3.57 Å². The summed E-state index contributed by atoms with van der Waals surface area (Å²) in [6.45, 7) is -1.45. The molecular formula is C24H18IrN+2. The van der Waals surface area contributed by atoms with Gasteiger partial charge < -0.3 is 0 Å². The van der Waals surface area contributed by atoms with Crippen molar-refractivity contribution in [3.05, 3.63) is 90.1 Å². The molecule has 0 saturated heterocycles. The molecule has 1 heterocycles. The van der Waals surface area contributed by atoms with E-state index in [1.54, 1.807) is 6.20 Å². The molecule has 4 aromatic rings. The summed E-state index contributed by atoms with van der Waals surface area (Å²) in [5.74, 6) is 0. The Balaban J connectivity index is 1.81. The third-order valence-electron chi connectivity index (χ3n) is 5.07. The molecule has 0 N–H and O–H groups in total. The second-order valence-corrected chi connectivity index (χ2v) is 7.94. The van der Waals surface area contributed by atoms with Gasteiger partial charge in [-0.1, -0.05) is 0 Å². The predicted octanol–water partition coefficient (Wildman–Crippen LogP) is 6.21. The van der Waals surface area contributed by atoms with Crippen molar-refractivity contribution in [1.29, 1.82) is 0 Å². The van der Waals surface area contributed by atoms with Crippen LogP contribution in [0.5, 0.6) is 0 Å². The van der Waals surface area contributed by atoms with Crippen LogP contribution in [0.15, 0.2) is 84.6 Å². The fraction of sp³-hybridized carbons (Fsp3) is 0.0833. The molecular weight excluding hydrogens is 494 g/mol. The summed E-state index contributed by atoms with van der Waals surface area (Å²) in [6.07, 6.45) is 3.77. The van der Waals surface area contributed by atoms with Crippen LogP contribution in [0.1, 0.15) is 16.5 Å². The molecule has 26 heavy (non-hydrogen) atoms. The van der Waals surface area contributed by atoms with Gasteiger partial charge in [0.2, 0.25) is 0 Å². The molecule has 0 atom stereocenters. The summed E-state index contributed by atoms with van der Waals surface area (Å²) in [5, 5.41) is 7.21. The number of hydrogen-bond acceptors (Lipinski definition) is 1. The van der Waals surface area contributed by atoms with Crippen LogP contribution in [0.3, 0.4) is 0 Å².